The molecule has 2 rings (SSSR count). The molecule has 1 fully saturated rings. The zero-order chi connectivity index (χ0) is 12.3. The summed E-state index contributed by atoms with van der Waals surface area (Å²) in [5.74, 6) is 0. The van der Waals surface area contributed by atoms with Gasteiger partial charge in [0.05, 0.1) is 6.10 Å². The number of likely N-dealkylation sites (tertiary alicyclic amines) is 1. The van der Waals surface area contributed by atoms with Crippen LogP contribution >= 0.6 is 0 Å². The van der Waals surface area contributed by atoms with E-state index in [4.69, 9.17) is 0 Å². The zero-order valence-electron chi connectivity index (χ0n) is 10.7. The van der Waals surface area contributed by atoms with Crippen LogP contribution in [0.15, 0.2) is 24.3 Å². The Hall–Kier alpha value is -0.900. The largest absolute Gasteiger partial charge is 0.392 e. The van der Waals surface area contributed by atoms with Crippen molar-refractivity contribution in [3.8, 4) is 0 Å². The predicted octanol–water partition coefficient (Wildman–Crippen LogP) is 1.32. The van der Waals surface area contributed by atoms with E-state index in [1.54, 1.807) is 0 Å². The molecule has 17 heavy (non-hydrogen) atoms. The summed E-state index contributed by atoms with van der Waals surface area (Å²) in [6.45, 7) is 4.90. The number of aryl methyl sites for hydroxylation is 1. The van der Waals surface area contributed by atoms with Crippen LogP contribution in [-0.2, 0) is 0 Å². The lowest BCUT2D eigenvalue weighted by Crippen LogP contribution is -2.33. The van der Waals surface area contributed by atoms with Gasteiger partial charge in [0.15, 0.2) is 0 Å². The quantitative estimate of drug-likeness (QED) is 0.825. The van der Waals surface area contributed by atoms with Crippen LogP contribution in [0.5, 0.6) is 0 Å². The van der Waals surface area contributed by atoms with Crippen LogP contribution in [0.1, 0.15) is 23.6 Å². The van der Waals surface area contributed by atoms with Gasteiger partial charge < -0.3 is 10.4 Å². The second-order valence-corrected chi connectivity index (χ2v) is 4.96. The molecule has 2 N–H and O–H groups in total. The summed E-state index contributed by atoms with van der Waals surface area (Å²) in [6.07, 6.45) is 0.773. The Bertz CT molecular complexity index is 367. The van der Waals surface area contributed by atoms with Gasteiger partial charge in [-0.1, -0.05) is 29.8 Å². The van der Waals surface area contributed by atoms with E-state index in [0.29, 0.717) is 6.04 Å². The van der Waals surface area contributed by atoms with E-state index < -0.39 is 0 Å². The summed E-state index contributed by atoms with van der Waals surface area (Å²) in [4.78, 5) is 2.33. The summed E-state index contributed by atoms with van der Waals surface area (Å²) < 4.78 is 0. The third-order valence-corrected chi connectivity index (χ3v) is 3.48. The van der Waals surface area contributed by atoms with Gasteiger partial charge in [0.1, 0.15) is 0 Å². The van der Waals surface area contributed by atoms with Crippen molar-refractivity contribution in [2.45, 2.75) is 25.5 Å². The fourth-order valence-corrected chi connectivity index (χ4v) is 2.49. The smallest absolute Gasteiger partial charge is 0.0679 e. The number of β-amino-alcohol motifs (C(OH)–C–C–N with tert-alkyl or cyclic N) is 1. The highest BCUT2D eigenvalue weighted by Gasteiger charge is 2.22. The molecule has 1 aliphatic rings. The van der Waals surface area contributed by atoms with Crippen LogP contribution in [0.25, 0.3) is 0 Å². The molecular formula is C14H22N2O. The van der Waals surface area contributed by atoms with Crippen molar-refractivity contribution < 1.29 is 5.11 Å². The van der Waals surface area contributed by atoms with Crippen molar-refractivity contribution in [3.63, 3.8) is 0 Å². The minimum absolute atomic E-state index is 0.134. The summed E-state index contributed by atoms with van der Waals surface area (Å²) in [5, 5.41) is 12.9. The van der Waals surface area contributed by atoms with E-state index in [9.17, 15) is 5.11 Å². The summed E-state index contributed by atoms with van der Waals surface area (Å²) in [5.41, 5.74) is 2.62. The first-order chi connectivity index (χ1) is 8.19. The maximum Gasteiger partial charge on any atom is 0.0679 e. The number of hydrogen-bond acceptors (Lipinski definition) is 3. The number of benzene rings is 1. The minimum Gasteiger partial charge on any atom is -0.392 e. The number of hydrogen-bond donors (Lipinski definition) is 2. The number of nitrogens with zero attached hydrogens (tertiary/aromatic N) is 1. The Morgan fingerprint density at radius 2 is 2.35 bits per heavy atom. The van der Waals surface area contributed by atoms with Crippen molar-refractivity contribution in [2.75, 3.05) is 26.7 Å². The molecule has 0 aliphatic carbocycles. The second kappa shape index (κ2) is 5.63. The predicted molar refractivity (Wildman–Crippen MR) is 70.0 cm³/mol. The van der Waals surface area contributed by atoms with Crippen LogP contribution in [0, 0.1) is 6.92 Å². The molecule has 2 atom stereocenters. The van der Waals surface area contributed by atoms with E-state index in [2.05, 4.69) is 41.4 Å². The van der Waals surface area contributed by atoms with Crippen molar-refractivity contribution in [3.05, 3.63) is 35.4 Å². The lowest BCUT2D eigenvalue weighted by atomic mass is 10.0. The molecule has 0 unspecified atom stereocenters. The van der Waals surface area contributed by atoms with Crippen molar-refractivity contribution >= 4 is 0 Å². The fraction of sp³-hybridized carbons (Fsp3) is 0.571. The van der Waals surface area contributed by atoms with Crippen LogP contribution in [0.2, 0.25) is 0 Å². The van der Waals surface area contributed by atoms with Crippen LogP contribution in [0.4, 0.5) is 0 Å². The van der Waals surface area contributed by atoms with Crippen LogP contribution in [0.3, 0.4) is 0 Å². The molecule has 94 valence electrons. The van der Waals surface area contributed by atoms with E-state index in [1.807, 2.05) is 7.05 Å². The average Bonchev–Trinajstić information content (AvgIpc) is 2.72. The van der Waals surface area contributed by atoms with Gasteiger partial charge in [0, 0.05) is 25.7 Å². The minimum atomic E-state index is -0.134. The summed E-state index contributed by atoms with van der Waals surface area (Å²) in [7, 11) is 2.00. The number of aliphatic hydroxyl groups is 1. The first-order valence-corrected chi connectivity index (χ1v) is 6.33. The maximum absolute atomic E-state index is 9.54. The highest BCUT2D eigenvalue weighted by atomic mass is 16.3. The number of aliphatic hydroxyl groups excluding tert-OH is 1. The first-order valence-electron chi connectivity index (χ1n) is 6.33. The molecule has 0 bridgehead atoms. The topological polar surface area (TPSA) is 35.5 Å². The molecular weight excluding hydrogens is 212 g/mol. The van der Waals surface area contributed by atoms with Gasteiger partial charge in [-0.25, -0.2) is 0 Å². The second-order valence-electron chi connectivity index (χ2n) is 4.96. The molecule has 1 aliphatic heterocycles. The van der Waals surface area contributed by atoms with Crippen molar-refractivity contribution in [2.24, 2.45) is 0 Å². The van der Waals surface area contributed by atoms with Gasteiger partial charge in [-0.15, -0.1) is 0 Å². The Labute approximate surface area is 103 Å². The Kier molecular flexibility index (Phi) is 4.15. The lowest BCUT2D eigenvalue weighted by Gasteiger charge is -2.23. The summed E-state index contributed by atoms with van der Waals surface area (Å²) in [6, 6.07) is 8.97. The molecule has 3 heteroatoms. The van der Waals surface area contributed by atoms with Crippen molar-refractivity contribution in [1.82, 2.24) is 10.2 Å². The number of nitrogens with one attached hydrogen (secondary N) is 1. The molecule has 0 saturated carbocycles. The lowest BCUT2D eigenvalue weighted by molar-refractivity contribution is 0.173. The molecule has 1 heterocycles. The third kappa shape index (κ3) is 3.28. The third-order valence-electron chi connectivity index (χ3n) is 3.48. The SMILES string of the molecule is CN[C@H](CN1CC[C@H](O)C1)c1cccc(C)c1. The van der Waals surface area contributed by atoms with E-state index in [0.717, 1.165) is 26.1 Å². The van der Waals surface area contributed by atoms with Crippen molar-refractivity contribution in [1.29, 1.82) is 0 Å². The Balaban J connectivity index is 2.01. The Morgan fingerprint density at radius 1 is 1.53 bits per heavy atom. The van der Waals surface area contributed by atoms with Gasteiger partial charge in [0.2, 0.25) is 0 Å². The Morgan fingerprint density at radius 3 is 2.94 bits per heavy atom. The van der Waals surface area contributed by atoms with E-state index in [1.165, 1.54) is 11.1 Å². The van der Waals surface area contributed by atoms with Gasteiger partial charge in [-0.05, 0) is 26.0 Å². The van der Waals surface area contributed by atoms with Gasteiger partial charge in [0.25, 0.3) is 0 Å². The maximum atomic E-state index is 9.54. The van der Waals surface area contributed by atoms with E-state index >= 15 is 0 Å². The number of rotatable bonds is 4. The molecule has 1 aromatic rings. The van der Waals surface area contributed by atoms with Crippen LogP contribution < -0.4 is 5.32 Å². The first kappa shape index (κ1) is 12.6. The van der Waals surface area contributed by atoms with Crippen LogP contribution in [-0.4, -0.2) is 42.8 Å². The molecule has 0 spiro atoms. The monoisotopic (exact) mass is 234 g/mol. The fourth-order valence-electron chi connectivity index (χ4n) is 2.49. The molecule has 0 amide bonds. The molecule has 0 aromatic heterocycles. The zero-order valence-corrected chi connectivity index (χ0v) is 10.7. The summed E-state index contributed by atoms with van der Waals surface area (Å²) >= 11 is 0. The van der Waals surface area contributed by atoms with E-state index in [-0.39, 0.29) is 6.10 Å². The number of likely N-dealkylation sites (N-methyl/N-ethyl adjacent to an activating group) is 1. The normalized spacial score (nSPS) is 22.9. The highest BCUT2D eigenvalue weighted by molar-refractivity contribution is 5.25. The van der Waals surface area contributed by atoms with Gasteiger partial charge in [-0.3, -0.25) is 4.90 Å². The molecule has 1 aromatic carbocycles. The standard InChI is InChI=1S/C14H22N2O/c1-11-4-3-5-12(8-11)14(15-2)10-16-7-6-13(17)9-16/h3-5,8,13-15,17H,6-7,9-10H2,1-2H3/t13-,14+/m0/s1. The molecule has 3 nitrogen and oxygen atoms in total. The molecule has 0 radical (unpaired) electrons. The average molecular weight is 234 g/mol. The van der Waals surface area contributed by atoms with Gasteiger partial charge >= 0.3 is 0 Å². The molecule has 1 saturated heterocycles. The van der Waals surface area contributed by atoms with Gasteiger partial charge in [-0.2, -0.15) is 0 Å². The highest BCUT2D eigenvalue weighted by Crippen LogP contribution is 2.18.